The van der Waals surface area contributed by atoms with E-state index in [0.29, 0.717) is 39.6 Å². The lowest BCUT2D eigenvalue weighted by atomic mass is 9.99. The van der Waals surface area contributed by atoms with Gasteiger partial charge in [-0.15, -0.1) is 11.8 Å². The van der Waals surface area contributed by atoms with Crippen LogP contribution < -0.4 is 0 Å². The Morgan fingerprint density at radius 2 is 1.49 bits per heavy atom. The molecule has 0 fully saturated rings. The monoisotopic (exact) mass is 554 g/mol. The molecule has 0 N–H and O–H groups in total. The van der Waals surface area contributed by atoms with Crippen LogP contribution in [0.25, 0.3) is 21.8 Å². The number of hydrogen-bond donors (Lipinski definition) is 0. The van der Waals surface area contributed by atoms with Crippen LogP contribution in [0, 0.1) is 0 Å². The van der Waals surface area contributed by atoms with Gasteiger partial charge in [0.25, 0.3) is 0 Å². The number of Topliss-reactive ketones (excluding diaryl/α,β-unsaturated/α-hetero) is 1. The van der Waals surface area contributed by atoms with Crippen LogP contribution in [0.4, 0.5) is 0 Å². The molecule has 4 aromatic carbocycles. The van der Waals surface area contributed by atoms with Crippen molar-refractivity contribution in [1.82, 2.24) is 4.57 Å². The Kier molecular flexibility index (Phi) is 8.15. The van der Waals surface area contributed by atoms with Crippen LogP contribution in [0.5, 0.6) is 0 Å². The number of nitrogens with zero attached hydrogens (tertiary/aromatic N) is 2. The summed E-state index contributed by atoms with van der Waals surface area (Å²) in [5.74, 6) is 0.456. The molecule has 0 unspecified atom stereocenters. The fraction of sp³-hybridized carbons (Fsp3) is 0.156. The number of benzene rings is 4. The van der Waals surface area contributed by atoms with Crippen molar-refractivity contribution < 1.29 is 14.4 Å². The predicted molar refractivity (Wildman–Crippen MR) is 161 cm³/mol. The summed E-state index contributed by atoms with van der Waals surface area (Å²) in [6, 6.07) is 28.4. The summed E-state index contributed by atoms with van der Waals surface area (Å²) in [6.07, 6.45) is 0.449. The third-order valence-corrected chi connectivity index (χ3v) is 7.89. The number of halogens is 1. The molecular formula is C32H27ClN2O3S. The van der Waals surface area contributed by atoms with E-state index < -0.39 is 0 Å². The molecule has 0 aliphatic carbocycles. The predicted octanol–water partition coefficient (Wildman–Crippen LogP) is 8.07. The van der Waals surface area contributed by atoms with Crippen molar-refractivity contribution in [2.24, 2.45) is 5.16 Å². The van der Waals surface area contributed by atoms with Crippen LogP contribution in [0.3, 0.4) is 0 Å². The molecule has 0 saturated carbocycles. The summed E-state index contributed by atoms with van der Waals surface area (Å²) >= 11 is 7.61. The Labute approximate surface area is 236 Å². The Morgan fingerprint density at radius 3 is 2.13 bits per heavy atom. The average Bonchev–Trinajstić information content (AvgIpc) is 3.29. The quantitative estimate of drug-likeness (QED) is 0.0758. The maximum Gasteiger partial charge on any atom is 0.210 e. The summed E-state index contributed by atoms with van der Waals surface area (Å²) in [4.78, 5) is 32.8. The van der Waals surface area contributed by atoms with E-state index in [2.05, 4.69) is 16.6 Å². The van der Waals surface area contributed by atoms with Gasteiger partial charge < -0.3 is 9.40 Å². The van der Waals surface area contributed by atoms with Gasteiger partial charge in [-0.25, -0.2) is 0 Å². The first-order valence-electron chi connectivity index (χ1n) is 12.7. The largest absolute Gasteiger partial charge is 0.399 e. The molecule has 0 aliphatic rings. The second-order valence-corrected chi connectivity index (χ2v) is 10.6. The third kappa shape index (κ3) is 5.63. The zero-order valence-electron chi connectivity index (χ0n) is 21.7. The van der Waals surface area contributed by atoms with E-state index in [1.165, 1.54) is 7.11 Å². The first-order chi connectivity index (χ1) is 19.0. The fourth-order valence-corrected chi connectivity index (χ4v) is 5.74. The second-order valence-electron chi connectivity index (χ2n) is 9.01. The molecule has 7 heteroatoms. The van der Waals surface area contributed by atoms with E-state index in [9.17, 15) is 9.59 Å². The number of oxime groups is 1. The third-order valence-electron chi connectivity index (χ3n) is 6.63. The molecule has 5 rings (SSSR count). The van der Waals surface area contributed by atoms with E-state index in [1.807, 2.05) is 91.0 Å². The summed E-state index contributed by atoms with van der Waals surface area (Å²) in [6.45, 7) is 2.85. The first kappa shape index (κ1) is 26.7. The fourth-order valence-electron chi connectivity index (χ4n) is 4.76. The zero-order chi connectivity index (χ0) is 27.4. The van der Waals surface area contributed by atoms with Gasteiger partial charge in [0.1, 0.15) is 12.8 Å². The summed E-state index contributed by atoms with van der Waals surface area (Å²) in [7, 11) is 1.45. The second kappa shape index (κ2) is 11.9. The van der Waals surface area contributed by atoms with Gasteiger partial charge in [-0.05, 0) is 67.6 Å². The standard InChI is InChI=1S/C32H27ClN2O3S/c1-3-35-29-15-9-22(31(36)21-7-5-4-6-8-21)19-26(29)27-20-23(10-16-30(27)35)32(37)28(34-38-2)17-18-39-25-13-11-24(33)12-14-25/h4-16,19-20H,3,17-18H2,1-2H3. The van der Waals surface area contributed by atoms with E-state index in [1.54, 1.807) is 11.8 Å². The van der Waals surface area contributed by atoms with Gasteiger partial charge in [0.2, 0.25) is 5.78 Å². The van der Waals surface area contributed by atoms with Gasteiger partial charge >= 0.3 is 0 Å². The molecule has 0 saturated heterocycles. The van der Waals surface area contributed by atoms with Gasteiger partial charge in [0, 0.05) is 67.1 Å². The molecule has 5 aromatic rings. The Morgan fingerprint density at radius 1 is 0.846 bits per heavy atom. The minimum absolute atomic E-state index is 0.0326. The highest BCUT2D eigenvalue weighted by Gasteiger charge is 2.19. The van der Waals surface area contributed by atoms with Gasteiger partial charge in [-0.1, -0.05) is 47.1 Å². The SMILES string of the molecule is CCn1c2ccc(C(=O)C(CCSc3ccc(Cl)cc3)=NOC)cc2c2cc(C(=O)c3ccccc3)ccc21. The lowest BCUT2D eigenvalue weighted by molar-refractivity contribution is 0.103. The molecule has 0 bridgehead atoms. The first-order valence-corrected chi connectivity index (χ1v) is 14.1. The van der Waals surface area contributed by atoms with Gasteiger partial charge in [-0.2, -0.15) is 0 Å². The maximum absolute atomic E-state index is 13.5. The molecule has 196 valence electrons. The number of carbonyl (C=O) groups is 2. The summed E-state index contributed by atoms with van der Waals surface area (Å²) in [5.41, 5.74) is 4.18. The summed E-state index contributed by atoms with van der Waals surface area (Å²) in [5, 5.41) is 6.61. The summed E-state index contributed by atoms with van der Waals surface area (Å²) < 4.78 is 2.20. The smallest absolute Gasteiger partial charge is 0.210 e. The van der Waals surface area contributed by atoms with Gasteiger partial charge in [0.05, 0.1) is 0 Å². The molecule has 0 aliphatic heterocycles. The van der Waals surface area contributed by atoms with Crippen molar-refractivity contribution in [1.29, 1.82) is 0 Å². The van der Waals surface area contributed by atoms with Crippen molar-refractivity contribution in [3.8, 4) is 0 Å². The number of aromatic nitrogens is 1. The van der Waals surface area contributed by atoms with Crippen LogP contribution in [0.1, 0.15) is 39.6 Å². The molecule has 0 amide bonds. The number of hydrogen-bond acceptors (Lipinski definition) is 5. The van der Waals surface area contributed by atoms with E-state index >= 15 is 0 Å². The van der Waals surface area contributed by atoms with Crippen LogP contribution in [-0.2, 0) is 11.4 Å². The molecule has 0 spiro atoms. The average molecular weight is 555 g/mol. The van der Waals surface area contributed by atoms with E-state index in [-0.39, 0.29) is 11.6 Å². The van der Waals surface area contributed by atoms with Crippen molar-refractivity contribution in [2.75, 3.05) is 12.9 Å². The Bertz CT molecular complexity index is 1690. The molecule has 5 nitrogen and oxygen atoms in total. The zero-order valence-corrected chi connectivity index (χ0v) is 23.3. The van der Waals surface area contributed by atoms with Crippen LogP contribution in [0.2, 0.25) is 5.02 Å². The topological polar surface area (TPSA) is 60.7 Å². The Hall–Kier alpha value is -3.87. The number of thioether (sulfide) groups is 1. The van der Waals surface area contributed by atoms with Crippen molar-refractivity contribution in [3.63, 3.8) is 0 Å². The lowest BCUT2D eigenvalue weighted by Gasteiger charge is -2.07. The van der Waals surface area contributed by atoms with Crippen LogP contribution in [0.15, 0.2) is 101 Å². The molecule has 1 aromatic heterocycles. The minimum atomic E-state index is -0.177. The van der Waals surface area contributed by atoms with Crippen LogP contribution >= 0.6 is 23.4 Å². The molecule has 1 heterocycles. The highest BCUT2D eigenvalue weighted by Crippen LogP contribution is 2.32. The number of ketones is 2. The van der Waals surface area contributed by atoms with Crippen molar-refractivity contribution in [3.05, 3.63) is 113 Å². The molecule has 0 radical (unpaired) electrons. The lowest BCUT2D eigenvalue weighted by Crippen LogP contribution is -2.16. The highest BCUT2D eigenvalue weighted by molar-refractivity contribution is 7.99. The van der Waals surface area contributed by atoms with Crippen molar-refractivity contribution in [2.45, 2.75) is 24.8 Å². The van der Waals surface area contributed by atoms with Crippen LogP contribution in [-0.4, -0.2) is 34.7 Å². The normalized spacial score (nSPS) is 11.7. The number of aryl methyl sites for hydroxylation is 1. The minimum Gasteiger partial charge on any atom is -0.399 e. The maximum atomic E-state index is 13.5. The van der Waals surface area contributed by atoms with Gasteiger partial charge in [0.15, 0.2) is 5.78 Å². The van der Waals surface area contributed by atoms with Gasteiger partial charge in [-0.3, -0.25) is 9.59 Å². The van der Waals surface area contributed by atoms with E-state index in [4.69, 9.17) is 16.4 Å². The molecular weight excluding hydrogens is 528 g/mol. The molecule has 0 atom stereocenters. The van der Waals surface area contributed by atoms with Crippen molar-refractivity contribution >= 4 is 62.4 Å². The van der Waals surface area contributed by atoms with E-state index in [0.717, 1.165) is 33.2 Å². The number of carbonyl (C=O) groups excluding carboxylic acids is 2. The Balaban J connectivity index is 1.47. The highest BCUT2D eigenvalue weighted by atomic mass is 35.5. The number of rotatable bonds is 10. The molecule has 39 heavy (non-hydrogen) atoms. The number of fused-ring (bicyclic) bond motifs is 3.